The molecule has 1 aromatic carbocycles. The Morgan fingerprint density at radius 2 is 2.14 bits per heavy atom. The number of amides is 1. The molecule has 0 spiro atoms. The third kappa shape index (κ3) is 3.23. The second kappa shape index (κ2) is 6.51. The van der Waals surface area contributed by atoms with Gasteiger partial charge in [-0.3, -0.25) is 4.79 Å². The zero-order valence-corrected chi connectivity index (χ0v) is 11.8. The highest BCUT2D eigenvalue weighted by Crippen LogP contribution is 2.24. The van der Waals surface area contributed by atoms with E-state index in [0.29, 0.717) is 26.2 Å². The molecule has 0 saturated carbocycles. The van der Waals surface area contributed by atoms with Crippen LogP contribution in [0.1, 0.15) is 11.6 Å². The van der Waals surface area contributed by atoms with E-state index in [1.54, 1.807) is 6.07 Å². The largest absolute Gasteiger partial charge is 0.366 e. The summed E-state index contributed by atoms with van der Waals surface area (Å²) in [7, 11) is 0. The summed E-state index contributed by atoms with van der Waals surface area (Å²) in [4.78, 5) is 14.5. The van der Waals surface area contributed by atoms with Crippen molar-refractivity contribution in [3.8, 4) is 0 Å². The van der Waals surface area contributed by atoms with Gasteiger partial charge < -0.3 is 20.3 Å². The van der Waals surface area contributed by atoms with Crippen LogP contribution in [0.15, 0.2) is 24.3 Å². The number of carbonyl (C=O) groups excluding carboxylic acids is 1. The minimum atomic E-state index is -0.437. The smallest absolute Gasteiger partial charge is 0.253 e. The normalized spacial score (nSPS) is 26.6. The number of halogens is 1. The van der Waals surface area contributed by atoms with Gasteiger partial charge in [-0.05, 0) is 17.7 Å². The molecule has 2 N–H and O–H groups in total. The Morgan fingerprint density at radius 3 is 2.90 bits per heavy atom. The lowest BCUT2D eigenvalue weighted by atomic mass is 10.0. The van der Waals surface area contributed by atoms with Crippen molar-refractivity contribution >= 4 is 5.91 Å². The van der Waals surface area contributed by atoms with Crippen LogP contribution in [0.2, 0.25) is 0 Å². The predicted molar refractivity (Wildman–Crippen MR) is 76.3 cm³/mol. The number of piperazine rings is 1. The van der Waals surface area contributed by atoms with E-state index in [4.69, 9.17) is 4.74 Å². The molecule has 0 bridgehead atoms. The molecular weight excluding hydrogens is 273 g/mol. The first-order valence-corrected chi connectivity index (χ1v) is 7.34. The van der Waals surface area contributed by atoms with E-state index in [1.165, 1.54) is 12.1 Å². The van der Waals surface area contributed by atoms with E-state index in [0.717, 1.165) is 18.7 Å². The first kappa shape index (κ1) is 14.4. The standard InChI is InChI=1S/C15H20FN3O2/c16-12-3-1-2-11(8-12)13-9-17-4-6-19(13)15(20)14-10-18-5-7-21-14/h1-3,8,13-14,17-18H,4-7,9-10H2/t13?,14-/m0/s1. The maximum absolute atomic E-state index is 13.4. The molecule has 3 rings (SSSR count). The molecule has 0 radical (unpaired) electrons. The molecule has 2 aliphatic heterocycles. The number of ether oxygens (including phenoxy) is 1. The average molecular weight is 293 g/mol. The van der Waals surface area contributed by atoms with Gasteiger partial charge in [-0.15, -0.1) is 0 Å². The molecule has 0 aliphatic carbocycles. The van der Waals surface area contributed by atoms with Crippen LogP contribution >= 0.6 is 0 Å². The van der Waals surface area contributed by atoms with Crippen molar-refractivity contribution in [2.75, 3.05) is 39.3 Å². The Bertz CT molecular complexity index is 505. The Hall–Kier alpha value is -1.50. The Labute approximate surface area is 123 Å². The second-order valence-electron chi connectivity index (χ2n) is 5.37. The van der Waals surface area contributed by atoms with Gasteiger partial charge in [-0.2, -0.15) is 0 Å². The summed E-state index contributed by atoms with van der Waals surface area (Å²) in [5.41, 5.74) is 0.819. The maximum atomic E-state index is 13.4. The van der Waals surface area contributed by atoms with Crippen LogP contribution in [0.25, 0.3) is 0 Å². The summed E-state index contributed by atoms with van der Waals surface area (Å²) in [6.07, 6.45) is -0.437. The van der Waals surface area contributed by atoms with E-state index in [-0.39, 0.29) is 17.8 Å². The monoisotopic (exact) mass is 293 g/mol. The van der Waals surface area contributed by atoms with Gasteiger partial charge in [-0.1, -0.05) is 12.1 Å². The van der Waals surface area contributed by atoms with Crippen LogP contribution < -0.4 is 10.6 Å². The van der Waals surface area contributed by atoms with E-state index in [1.807, 2.05) is 11.0 Å². The summed E-state index contributed by atoms with van der Waals surface area (Å²) in [5.74, 6) is -0.293. The first-order valence-electron chi connectivity index (χ1n) is 7.34. The van der Waals surface area contributed by atoms with Crippen molar-refractivity contribution in [1.29, 1.82) is 0 Å². The van der Waals surface area contributed by atoms with Crippen LogP contribution in [0.4, 0.5) is 4.39 Å². The van der Waals surface area contributed by atoms with Crippen molar-refractivity contribution < 1.29 is 13.9 Å². The molecule has 0 aromatic heterocycles. The predicted octanol–water partition coefficient (Wildman–Crippen LogP) is 0.287. The van der Waals surface area contributed by atoms with E-state index < -0.39 is 6.10 Å². The lowest BCUT2D eigenvalue weighted by Crippen LogP contribution is -2.55. The molecule has 2 heterocycles. The van der Waals surface area contributed by atoms with Crippen molar-refractivity contribution in [3.05, 3.63) is 35.6 Å². The molecule has 6 heteroatoms. The van der Waals surface area contributed by atoms with Gasteiger partial charge >= 0.3 is 0 Å². The third-order valence-electron chi connectivity index (χ3n) is 3.96. The van der Waals surface area contributed by atoms with Gasteiger partial charge in [0.1, 0.15) is 11.9 Å². The van der Waals surface area contributed by atoms with Gasteiger partial charge in [0.15, 0.2) is 0 Å². The van der Waals surface area contributed by atoms with Crippen molar-refractivity contribution in [2.45, 2.75) is 12.1 Å². The number of morpholine rings is 1. The Morgan fingerprint density at radius 1 is 1.29 bits per heavy atom. The highest BCUT2D eigenvalue weighted by molar-refractivity contribution is 5.82. The number of carbonyl (C=O) groups is 1. The van der Waals surface area contributed by atoms with Crippen LogP contribution in [0.3, 0.4) is 0 Å². The van der Waals surface area contributed by atoms with Crippen LogP contribution in [0, 0.1) is 5.82 Å². The number of benzene rings is 1. The number of rotatable bonds is 2. The molecule has 2 saturated heterocycles. The fourth-order valence-corrected chi connectivity index (χ4v) is 2.89. The molecule has 5 nitrogen and oxygen atoms in total. The number of nitrogens with one attached hydrogen (secondary N) is 2. The minimum Gasteiger partial charge on any atom is -0.366 e. The third-order valence-corrected chi connectivity index (χ3v) is 3.96. The molecule has 1 unspecified atom stereocenters. The van der Waals surface area contributed by atoms with Crippen LogP contribution in [-0.4, -0.2) is 56.2 Å². The van der Waals surface area contributed by atoms with Crippen LogP contribution in [-0.2, 0) is 9.53 Å². The van der Waals surface area contributed by atoms with E-state index >= 15 is 0 Å². The summed E-state index contributed by atoms with van der Waals surface area (Å²) in [6, 6.07) is 6.31. The topological polar surface area (TPSA) is 53.6 Å². The fourth-order valence-electron chi connectivity index (χ4n) is 2.89. The average Bonchev–Trinajstić information content (AvgIpc) is 2.55. The SMILES string of the molecule is O=C([C@@H]1CNCCO1)N1CCNCC1c1cccc(F)c1. The lowest BCUT2D eigenvalue weighted by molar-refractivity contribution is -0.148. The molecule has 1 amide bonds. The van der Waals surface area contributed by atoms with Gasteiger partial charge in [0.25, 0.3) is 5.91 Å². The molecular formula is C15H20FN3O2. The quantitative estimate of drug-likeness (QED) is 0.823. The fraction of sp³-hybridized carbons (Fsp3) is 0.533. The second-order valence-corrected chi connectivity index (χ2v) is 5.37. The van der Waals surface area contributed by atoms with Crippen molar-refractivity contribution in [3.63, 3.8) is 0 Å². The first-order chi connectivity index (χ1) is 10.3. The zero-order valence-electron chi connectivity index (χ0n) is 11.8. The molecule has 1 aromatic rings. The Balaban J connectivity index is 1.79. The summed E-state index contributed by atoms with van der Waals surface area (Å²) in [5, 5.41) is 6.44. The van der Waals surface area contributed by atoms with Gasteiger partial charge in [-0.25, -0.2) is 4.39 Å². The van der Waals surface area contributed by atoms with Crippen LogP contribution in [0.5, 0.6) is 0 Å². The van der Waals surface area contributed by atoms with E-state index in [9.17, 15) is 9.18 Å². The van der Waals surface area contributed by atoms with Crippen molar-refractivity contribution in [2.24, 2.45) is 0 Å². The van der Waals surface area contributed by atoms with Gasteiger partial charge in [0, 0.05) is 32.7 Å². The van der Waals surface area contributed by atoms with Gasteiger partial charge in [0.05, 0.1) is 12.6 Å². The molecule has 2 atom stereocenters. The zero-order chi connectivity index (χ0) is 14.7. The lowest BCUT2D eigenvalue weighted by Gasteiger charge is -2.39. The van der Waals surface area contributed by atoms with Crippen molar-refractivity contribution in [1.82, 2.24) is 15.5 Å². The number of hydrogen-bond donors (Lipinski definition) is 2. The maximum Gasteiger partial charge on any atom is 0.253 e. The van der Waals surface area contributed by atoms with E-state index in [2.05, 4.69) is 10.6 Å². The van der Waals surface area contributed by atoms with Gasteiger partial charge in [0.2, 0.25) is 0 Å². The highest BCUT2D eigenvalue weighted by Gasteiger charge is 2.33. The summed E-state index contributed by atoms with van der Waals surface area (Å²) < 4.78 is 19.0. The molecule has 2 aliphatic rings. The Kier molecular flexibility index (Phi) is 4.48. The summed E-state index contributed by atoms with van der Waals surface area (Å²) >= 11 is 0. The number of nitrogens with zero attached hydrogens (tertiary/aromatic N) is 1. The molecule has 2 fully saturated rings. The molecule has 114 valence electrons. The summed E-state index contributed by atoms with van der Waals surface area (Å²) in [6.45, 7) is 3.86. The number of hydrogen-bond acceptors (Lipinski definition) is 4. The minimum absolute atomic E-state index is 0.0158. The molecule has 21 heavy (non-hydrogen) atoms. The highest BCUT2D eigenvalue weighted by atomic mass is 19.1.